The molecule has 8 heteroatoms. The Morgan fingerprint density at radius 3 is 2.31 bits per heavy atom. The normalized spacial score (nSPS) is 18.5. The van der Waals surface area contributed by atoms with E-state index in [9.17, 15) is 18.0 Å². The first-order valence-electron chi connectivity index (χ1n) is 11.7. The first-order chi connectivity index (χ1) is 16.8. The number of fused-ring (bicyclic) bond motifs is 2. The molecule has 5 rings (SSSR count). The van der Waals surface area contributed by atoms with Crippen molar-refractivity contribution in [3.63, 3.8) is 0 Å². The number of carbonyl (C=O) groups excluding carboxylic acids is 1. The number of nitrogens with one attached hydrogen (secondary N) is 1. The zero-order valence-electron chi connectivity index (χ0n) is 19.2. The van der Waals surface area contributed by atoms with Gasteiger partial charge in [0.15, 0.2) is 0 Å². The average Bonchev–Trinajstić information content (AvgIpc) is 2.87. The van der Waals surface area contributed by atoms with E-state index >= 15 is 0 Å². The molecule has 2 aromatic heterocycles. The summed E-state index contributed by atoms with van der Waals surface area (Å²) in [6.45, 7) is 0. The van der Waals surface area contributed by atoms with Gasteiger partial charge in [0.1, 0.15) is 5.69 Å². The number of amides is 1. The Morgan fingerprint density at radius 1 is 0.943 bits per heavy atom. The highest BCUT2D eigenvalue weighted by atomic mass is 19.4. The van der Waals surface area contributed by atoms with E-state index in [1.165, 1.54) is 0 Å². The molecule has 1 aliphatic carbocycles. The van der Waals surface area contributed by atoms with Gasteiger partial charge in [-0.25, -0.2) is 4.98 Å². The zero-order valence-corrected chi connectivity index (χ0v) is 19.2. The standard InChI is InChI=1S/C27H25F3N4O/c1-34(24-16-25(27(28,29)30)33-23-9-5-3-7-21(23)24)18-12-10-17(11-13-18)32-26(35)20-14-15-31-22-8-4-2-6-19(20)22/h2-9,14-18H,10-13H2,1H3,(H,32,35)/t17-,18+. The molecule has 1 fully saturated rings. The van der Waals surface area contributed by atoms with Crippen LogP contribution in [0, 0.1) is 0 Å². The molecule has 5 nitrogen and oxygen atoms in total. The molecule has 1 saturated carbocycles. The van der Waals surface area contributed by atoms with Crippen molar-refractivity contribution in [3.05, 3.63) is 78.1 Å². The molecule has 2 heterocycles. The van der Waals surface area contributed by atoms with Crippen LogP contribution in [0.25, 0.3) is 21.8 Å². The van der Waals surface area contributed by atoms with Gasteiger partial charge in [-0.1, -0.05) is 36.4 Å². The van der Waals surface area contributed by atoms with Crippen LogP contribution in [-0.4, -0.2) is 35.0 Å². The van der Waals surface area contributed by atoms with Crippen LogP contribution in [0.4, 0.5) is 18.9 Å². The van der Waals surface area contributed by atoms with Crippen molar-refractivity contribution in [2.45, 2.75) is 43.9 Å². The quantitative estimate of drug-likeness (QED) is 0.392. The number of para-hydroxylation sites is 2. The van der Waals surface area contributed by atoms with E-state index in [1.54, 1.807) is 30.5 Å². The van der Waals surface area contributed by atoms with E-state index in [4.69, 9.17) is 0 Å². The molecule has 0 radical (unpaired) electrons. The monoisotopic (exact) mass is 478 g/mol. The van der Waals surface area contributed by atoms with Gasteiger partial charge in [-0.05, 0) is 49.9 Å². The molecule has 2 aromatic carbocycles. The molecule has 0 atom stereocenters. The Kier molecular flexibility index (Phi) is 6.05. The number of anilines is 1. The van der Waals surface area contributed by atoms with Crippen molar-refractivity contribution < 1.29 is 18.0 Å². The fourth-order valence-corrected chi connectivity index (χ4v) is 4.96. The summed E-state index contributed by atoms with van der Waals surface area (Å²) in [5.41, 5.74) is 1.34. The zero-order chi connectivity index (χ0) is 24.6. The third-order valence-electron chi connectivity index (χ3n) is 6.84. The molecular formula is C27H25F3N4O. The molecule has 1 amide bonds. The third-order valence-corrected chi connectivity index (χ3v) is 6.84. The smallest absolute Gasteiger partial charge is 0.371 e. The Labute approximate surface area is 201 Å². The van der Waals surface area contributed by atoms with E-state index in [2.05, 4.69) is 15.3 Å². The van der Waals surface area contributed by atoms with E-state index in [1.807, 2.05) is 42.3 Å². The number of halogens is 3. The van der Waals surface area contributed by atoms with E-state index in [0.29, 0.717) is 22.2 Å². The highest BCUT2D eigenvalue weighted by Gasteiger charge is 2.34. The molecule has 35 heavy (non-hydrogen) atoms. The summed E-state index contributed by atoms with van der Waals surface area (Å²) in [4.78, 5) is 23.1. The number of benzene rings is 2. The maximum absolute atomic E-state index is 13.5. The number of rotatable bonds is 4. The summed E-state index contributed by atoms with van der Waals surface area (Å²) in [5, 5.41) is 4.65. The van der Waals surface area contributed by atoms with Crippen molar-refractivity contribution in [3.8, 4) is 0 Å². The maximum atomic E-state index is 13.5. The second-order valence-corrected chi connectivity index (χ2v) is 9.01. The predicted molar refractivity (Wildman–Crippen MR) is 130 cm³/mol. The van der Waals surface area contributed by atoms with Gasteiger partial charge in [-0.2, -0.15) is 13.2 Å². The second-order valence-electron chi connectivity index (χ2n) is 9.01. The molecule has 4 aromatic rings. The summed E-state index contributed by atoms with van der Waals surface area (Å²) in [6, 6.07) is 17.4. The Morgan fingerprint density at radius 2 is 1.60 bits per heavy atom. The fraction of sp³-hybridized carbons (Fsp3) is 0.296. The van der Waals surface area contributed by atoms with Gasteiger partial charge in [-0.15, -0.1) is 0 Å². The molecule has 0 aliphatic heterocycles. The molecular weight excluding hydrogens is 453 g/mol. The number of hydrogen-bond donors (Lipinski definition) is 1. The maximum Gasteiger partial charge on any atom is 0.433 e. The Bertz CT molecular complexity index is 1370. The molecule has 0 bridgehead atoms. The van der Waals surface area contributed by atoms with Crippen molar-refractivity contribution in [2.24, 2.45) is 0 Å². The van der Waals surface area contributed by atoms with Crippen LogP contribution in [0.1, 0.15) is 41.7 Å². The van der Waals surface area contributed by atoms with Crippen LogP contribution in [0.3, 0.4) is 0 Å². The molecule has 0 spiro atoms. The van der Waals surface area contributed by atoms with Crippen LogP contribution in [0.15, 0.2) is 66.9 Å². The van der Waals surface area contributed by atoms with E-state index in [0.717, 1.165) is 42.7 Å². The van der Waals surface area contributed by atoms with Gasteiger partial charge in [0.25, 0.3) is 5.91 Å². The number of aromatic nitrogens is 2. The Hall–Kier alpha value is -3.68. The van der Waals surface area contributed by atoms with Gasteiger partial charge in [0.2, 0.25) is 0 Å². The minimum atomic E-state index is -4.52. The number of hydrogen-bond acceptors (Lipinski definition) is 4. The largest absolute Gasteiger partial charge is 0.433 e. The third kappa shape index (κ3) is 4.65. The lowest BCUT2D eigenvalue weighted by atomic mass is 9.89. The summed E-state index contributed by atoms with van der Waals surface area (Å²) >= 11 is 0. The number of carbonyl (C=O) groups is 1. The van der Waals surface area contributed by atoms with Crippen molar-refractivity contribution >= 4 is 33.4 Å². The lowest BCUT2D eigenvalue weighted by Gasteiger charge is -2.37. The highest BCUT2D eigenvalue weighted by Crippen LogP contribution is 2.36. The molecule has 180 valence electrons. The summed E-state index contributed by atoms with van der Waals surface area (Å²) in [7, 11) is 1.84. The predicted octanol–water partition coefficient (Wildman–Crippen LogP) is 5.98. The van der Waals surface area contributed by atoms with Crippen LogP contribution >= 0.6 is 0 Å². The number of nitrogens with zero attached hydrogens (tertiary/aromatic N) is 3. The van der Waals surface area contributed by atoms with Gasteiger partial charge >= 0.3 is 6.18 Å². The summed E-state index contributed by atoms with van der Waals surface area (Å²) < 4.78 is 40.5. The van der Waals surface area contributed by atoms with Crippen LogP contribution < -0.4 is 10.2 Å². The average molecular weight is 479 g/mol. The van der Waals surface area contributed by atoms with Gasteiger partial charge in [-0.3, -0.25) is 9.78 Å². The van der Waals surface area contributed by atoms with Crippen molar-refractivity contribution in [2.75, 3.05) is 11.9 Å². The van der Waals surface area contributed by atoms with E-state index in [-0.39, 0.29) is 18.0 Å². The first-order valence-corrected chi connectivity index (χ1v) is 11.7. The summed E-state index contributed by atoms with van der Waals surface area (Å²) in [5.74, 6) is -0.129. The van der Waals surface area contributed by atoms with Crippen molar-refractivity contribution in [1.82, 2.24) is 15.3 Å². The minimum Gasteiger partial charge on any atom is -0.371 e. The van der Waals surface area contributed by atoms with Gasteiger partial charge in [0, 0.05) is 41.8 Å². The van der Waals surface area contributed by atoms with Crippen LogP contribution in [0.2, 0.25) is 0 Å². The lowest BCUT2D eigenvalue weighted by Crippen LogP contribution is -2.43. The van der Waals surface area contributed by atoms with Gasteiger partial charge in [0.05, 0.1) is 16.6 Å². The SMILES string of the molecule is CN(c1cc(C(F)(F)F)nc2ccccc12)[C@H]1CC[C@@H](NC(=O)c2ccnc3ccccc23)CC1. The second kappa shape index (κ2) is 9.17. The van der Waals surface area contributed by atoms with Crippen LogP contribution in [0.5, 0.6) is 0 Å². The van der Waals surface area contributed by atoms with Crippen LogP contribution in [-0.2, 0) is 6.18 Å². The number of alkyl halides is 3. The minimum absolute atomic E-state index is 0.0130. The Balaban J connectivity index is 1.30. The molecule has 1 aliphatic rings. The highest BCUT2D eigenvalue weighted by molar-refractivity contribution is 6.06. The molecule has 0 unspecified atom stereocenters. The lowest BCUT2D eigenvalue weighted by molar-refractivity contribution is -0.140. The topological polar surface area (TPSA) is 58.1 Å². The van der Waals surface area contributed by atoms with Crippen molar-refractivity contribution in [1.29, 1.82) is 0 Å². The molecule has 0 saturated heterocycles. The summed E-state index contributed by atoms with van der Waals surface area (Å²) in [6.07, 6.45) is 0.140. The van der Waals surface area contributed by atoms with Gasteiger partial charge < -0.3 is 10.2 Å². The fourth-order valence-electron chi connectivity index (χ4n) is 4.96. The molecule has 1 N–H and O–H groups in total. The van der Waals surface area contributed by atoms with E-state index < -0.39 is 11.9 Å². The number of pyridine rings is 2. The first kappa shape index (κ1) is 23.1.